The molecule has 1 aromatic carbocycles. The summed E-state index contributed by atoms with van der Waals surface area (Å²) in [6, 6.07) is 9.71. The Bertz CT molecular complexity index is 412. The van der Waals surface area contributed by atoms with Gasteiger partial charge in [-0.25, -0.2) is 0 Å². The average Bonchev–Trinajstić information content (AvgIpc) is 3.24. The lowest BCUT2D eigenvalue weighted by atomic mass is 9.95. The van der Waals surface area contributed by atoms with Crippen LogP contribution in [0.25, 0.3) is 0 Å². The summed E-state index contributed by atoms with van der Waals surface area (Å²) < 4.78 is 5.78. The van der Waals surface area contributed by atoms with E-state index in [0.29, 0.717) is 11.8 Å². The molecule has 0 saturated heterocycles. The first-order chi connectivity index (χ1) is 10.1. The van der Waals surface area contributed by atoms with Crippen molar-refractivity contribution in [2.24, 2.45) is 11.8 Å². The van der Waals surface area contributed by atoms with Gasteiger partial charge < -0.3 is 10.1 Å². The maximum absolute atomic E-state index is 5.78. The summed E-state index contributed by atoms with van der Waals surface area (Å²) in [5.41, 5.74) is 2.82. The smallest absolute Gasteiger partial charge is 0.0488 e. The molecule has 1 N–H and O–H groups in total. The van der Waals surface area contributed by atoms with Crippen LogP contribution in [-0.2, 0) is 11.2 Å². The van der Waals surface area contributed by atoms with Crippen molar-refractivity contribution < 1.29 is 4.74 Å². The van der Waals surface area contributed by atoms with Crippen LogP contribution in [0.15, 0.2) is 24.3 Å². The normalized spacial score (nSPS) is 16.4. The van der Waals surface area contributed by atoms with Crippen LogP contribution in [0, 0.1) is 18.8 Å². The van der Waals surface area contributed by atoms with Crippen LogP contribution in [-0.4, -0.2) is 25.8 Å². The third-order valence-corrected chi connectivity index (χ3v) is 4.00. The van der Waals surface area contributed by atoms with Gasteiger partial charge in [0.05, 0.1) is 0 Å². The molecule has 1 aliphatic carbocycles. The standard InChI is InChI=1S/C19H31NO/c1-15(2)14-21-10-9-18(13-20-19-7-8-19)12-17-6-4-5-16(3)11-17/h4-6,11,15,18-20H,7-10,12-14H2,1-3H3. The van der Waals surface area contributed by atoms with Crippen LogP contribution in [0.2, 0.25) is 0 Å². The summed E-state index contributed by atoms with van der Waals surface area (Å²) in [7, 11) is 0. The van der Waals surface area contributed by atoms with E-state index in [9.17, 15) is 0 Å². The van der Waals surface area contributed by atoms with Gasteiger partial charge in [0, 0.05) is 19.3 Å². The molecule has 2 nitrogen and oxygen atoms in total. The molecule has 2 rings (SSSR count). The third-order valence-electron chi connectivity index (χ3n) is 4.00. The molecule has 0 radical (unpaired) electrons. The van der Waals surface area contributed by atoms with Gasteiger partial charge in [-0.2, -0.15) is 0 Å². The molecule has 1 aromatic rings. The van der Waals surface area contributed by atoms with Crippen molar-refractivity contribution in [3.05, 3.63) is 35.4 Å². The SMILES string of the molecule is Cc1cccc(CC(CCOCC(C)C)CNC2CC2)c1. The molecule has 0 heterocycles. The van der Waals surface area contributed by atoms with Crippen LogP contribution in [0.4, 0.5) is 0 Å². The lowest BCUT2D eigenvalue weighted by Gasteiger charge is -2.18. The van der Waals surface area contributed by atoms with Crippen molar-refractivity contribution in [1.29, 1.82) is 0 Å². The van der Waals surface area contributed by atoms with Crippen LogP contribution < -0.4 is 5.32 Å². The largest absolute Gasteiger partial charge is 0.381 e. The van der Waals surface area contributed by atoms with E-state index >= 15 is 0 Å². The Morgan fingerprint density at radius 2 is 2.10 bits per heavy atom. The lowest BCUT2D eigenvalue weighted by molar-refractivity contribution is 0.0975. The van der Waals surface area contributed by atoms with Gasteiger partial charge in [-0.15, -0.1) is 0 Å². The monoisotopic (exact) mass is 289 g/mol. The number of benzene rings is 1. The summed E-state index contributed by atoms with van der Waals surface area (Å²) >= 11 is 0. The van der Waals surface area contributed by atoms with E-state index in [4.69, 9.17) is 4.74 Å². The molecule has 0 bridgehead atoms. The number of nitrogens with one attached hydrogen (secondary N) is 1. The predicted octanol–water partition coefficient (Wildman–Crippen LogP) is 3.97. The Morgan fingerprint density at radius 3 is 2.76 bits per heavy atom. The fourth-order valence-corrected chi connectivity index (χ4v) is 2.64. The molecule has 0 aromatic heterocycles. The van der Waals surface area contributed by atoms with Crippen molar-refractivity contribution in [1.82, 2.24) is 5.32 Å². The molecule has 1 fully saturated rings. The van der Waals surface area contributed by atoms with Gasteiger partial charge >= 0.3 is 0 Å². The summed E-state index contributed by atoms with van der Waals surface area (Å²) in [5.74, 6) is 1.31. The molecule has 118 valence electrons. The van der Waals surface area contributed by atoms with E-state index in [0.717, 1.165) is 38.6 Å². The van der Waals surface area contributed by atoms with E-state index in [1.807, 2.05) is 0 Å². The Labute approximate surface area is 130 Å². The van der Waals surface area contributed by atoms with Crippen molar-refractivity contribution in [3.63, 3.8) is 0 Å². The minimum atomic E-state index is 0.629. The van der Waals surface area contributed by atoms with Gasteiger partial charge in [0.15, 0.2) is 0 Å². The Hall–Kier alpha value is -0.860. The number of aryl methyl sites for hydroxylation is 1. The zero-order valence-electron chi connectivity index (χ0n) is 13.9. The molecular formula is C19H31NO. The van der Waals surface area contributed by atoms with Gasteiger partial charge in [-0.1, -0.05) is 43.7 Å². The number of hydrogen-bond donors (Lipinski definition) is 1. The highest BCUT2D eigenvalue weighted by Crippen LogP contribution is 2.20. The van der Waals surface area contributed by atoms with Crippen LogP contribution in [0.1, 0.15) is 44.2 Å². The first-order valence-electron chi connectivity index (χ1n) is 8.50. The quantitative estimate of drug-likeness (QED) is 0.658. The first-order valence-corrected chi connectivity index (χ1v) is 8.50. The fraction of sp³-hybridized carbons (Fsp3) is 0.684. The Morgan fingerprint density at radius 1 is 1.29 bits per heavy atom. The minimum absolute atomic E-state index is 0.629. The molecule has 0 amide bonds. The van der Waals surface area contributed by atoms with Crippen molar-refractivity contribution in [3.8, 4) is 0 Å². The summed E-state index contributed by atoms with van der Waals surface area (Å²) in [4.78, 5) is 0. The molecule has 1 saturated carbocycles. The van der Waals surface area contributed by atoms with Gasteiger partial charge in [0.25, 0.3) is 0 Å². The molecule has 1 atom stereocenters. The first kappa shape index (κ1) is 16.5. The van der Waals surface area contributed by atoms with Crippen LogP contribution >= 0.6 is 0 Å². The third kappa shape index (κ3) is 7.10. The molecule has 1 unspecified atom stereocenters. The zero-order chi connectivity index (χ0) is 15.1. The zero-order valence-corrected chi connectivity index (χ0v) is 13.9. The highest BCUT2D eigenvalue weighted by molar-refractivity contribution is 5.22. The average molecular weight is 289 g/mol. The van der Waals surface area contributed by atoms with Crippen LogP contribution in [0.5, 0.6) is 0 Å². The van der Waals surface area contributed by atoms with E-state index in [1.165, 1.54) is 24.0 Å². The van der Waals surface area contributed by atoms with Crippen molar-refractivity contribution in [2.75, 3.05) is 19.8 Å². The molecular weight excluding hydrogens is 258 g/mol. The predicted molar refractivity (Wildman–Crippen MR) is 89.7 cm³/mol. The Balaban J connectivity index is 1.78. The van der Waals surface area contributed by atoms with Gasteiger partial charge in [0.1, 0.15) is 0 Å². The highest BCUT2D eigenvalue weighted by Gasteiger charge is 2.22. The summed E-state index contributed by atoms with van der Waals surface area (Å²) in [5, 5.41) is 3.69. The van der Waals surface area contributed by atoms with Crippen LogP contribution in [0.3, 0.4) is 0 Å². The molecule has 0 spiro atoms. The molecule has 0 aliphatic heterocycles. The van der Waals surface area contributed by atoms with Gasteiger partial charge in [-0.3, -0.25) is 0 Å². The summed E-state index contributed by atoms with van der Waals surface area (Å²) in [6.45, 7) is 9.49. The van der Waals surface area contributed by atoms with E-state index in [-0.39, 0.29) is 0 Å². The van der Waals surface area contributed by atoms with E-state index in [2.05, 4.69) is 50.4 Å². The highest BCUT2D eigenvalue weighted by atomic mass is 16.5. The number of rotatable bonds is 10. The number of ether oxygens (including phenoxy) is 1. The van der Waals surface area contributed by atoms with Crippen molar-refractivity contribution >= 4 is 0 Å². The van der Waals surface area contributed by atoms with Gasteiger partial charge in [0.2, 0.25) is 0 Å². The van der Waals surface area contributed by atoms with Gasteiger partial charge in [-0.05, 0) is 56.6 Å². The van der Waals surface area contributed by atoms with Crippen molar-refractivity contribution in [2.45, 2.75) is 52.5 Å². The Kier molecular flexibility index (Phi) is 6.72. The minimum Gasteiger partial charge on any atom is -0.381 e. The molecule has 1 aliphatic rings. The van der Waals surface area contributed by atoms with E-state index in [1.54, 1.807) is 0 Å². The maximum atomic E-state index is 5.78. The maximum Gasteiger partial charge on any atom is 0.0488 e. The van der Waals surface area contributed by atoms with E-state index < -0.39 is 0 Å². The topological polar surface area (TPSA) is 21.3 Å². The molecule has 21 heavy (non-hydrogen) atoms. The lowest BCUT2D eigenvalue weighted by Crippen LogP contribution is -2.27. The second-order valence-electron chi connectivity index (χ2n) is 7.00. The summed E-state index contributed by atoms with van der Waals surface area (Å²) in [6.07, 6.45) is 5.04. The number of hydrogen-bond acceptors (Lipinski definition) is 2. The molecule has 2 heteroatoms. The second kappa shape index (κ2) is 8.55. The second-order valence-corrected chi connectivity index (χ2v) is 7.00. The fourth-order valence-electron chi connectivity index (χ4n) is 2.64.